The number of fused-ring (bicyclic) bond motifs is 1. The van der Waals surface area contributed by atoms with E-state index in [1.165, 1.54) is 15.0 Å². The van der Waals surface area contributed by atoms with Gasteiger partial charge in [-0.25, -0.2) is 0 Å². The average Bonchev–Trinajstić information content (AvgIpc) is 2.47. The summed E-state index contributed by atoms with van der Waals surface area (Å²) >= 11 is 1.85. The standard InChI is InChI=1S/C11H10S/c1-2-5-10-8-9-6-3-4-7-11(9)12-10/h2-4,6-8H,1,5H2. The van der Waals surface area contributed by atoms with Crippen LogP contribution in [0.15, 0.2) is 43.0 Å². The maximum atomic E-state index is 3.73. The van der Waals surface area contributed by atoms with Crippen molar-refractivity contribution in [3.8, 4) is 0 Å². The zero-order valence-electron chi connectivity index (χ0n) is 6.79. The van der Waals surface area contributed by atoms with Crippen LogP contribution in [0, 0.1) is 0 Å². The average molecular weight is 174 g/mol. The first-order valence-corrected chi connectivity index (χ1v) is 4.80. The van der Waals surface area contributed by atoms with Crippen molar-refractivity contribution in [3.63, 3.8) is 0 Å². The minimum atomic E-state index is 0.985. The van der Waals surface area contributed by atoms with Crippen LogP contribution in [0.1, 0.15) is 4.88 Å². The largest absolute Gasteiger partial charge is 0.140 e. The van der Waals surface area contributed by atoms with Crippen LogP contribution in [0.5, 0.6) is 0 Å². The monoisotopic (exact) mass is 174 g/mol. The number of benzene rings is 1. The van der Waals surface area contributed by atoms with Crippen molar-refractivity contribution >= 4 is 21.4 Å². The molecule has 1 aromatic heterocycles. The summed E-state index contributed by atoms with van der Waals surface area (Å²) in [5.41, 5.74) is 0. The minimum absolute atomic E-state index is 0.985. The lowest BCUT2D eigenvalue weighted by Crippen LogP contribution is -1.67. The number of thiophene rings is 1. The van der Waals surface area contributed by atoms with E-state index in [4.69, 9.17) is 0 Å². The molecule has 60 valence electrons. The zero-order chi connectivity index (χ0) is 8.39. The Kier molecular flexibility index (Phi) is 1.96. The number of hydrogen-bond acceptors (Lipinski definition) is 1. The molecule has 0 aliphatic heterocycles. The lowest BCUT2D eigenvalue weighted by atomic mass is 10.2. The van der Waals surface area contributed by atoms with Crippen molar-refractivity contribution in [3.05, 3.63) is 47.9 Å². The second-order valence-corrected chi connectivity index (χ2v) is 3.91. The molecule has 1 heteroatoms. The molecule has 1 heterocycles. The van der Waals surface area contributed by atoms with E-state index in [9.17, 15) is 0 Å². The van der Waals surface area contributed by atoms with E-state index in [0.29, 0.717) is 0 Å². The predicted octanol–water partition coefficient (Wildman–Crippen LogP) is 3.63. The Labute approximate surface area is 76.2 Å². The zero-order valence-corrected chi connectivity index (χ0v) is 7.60. The topological polar surface area (TPSA) is 0 Å². The molecule has 2 aromatic rings. The molecule has 0 nitrogen and oxygen atoms in total. The van der Waals surface area contributed by atoms with Crippen molar-refractivity contribution < 1.29 is 0 Å². The first kappa shape index (κ1) is 7.56. The van der Waals surface area contributed by atoms with Gasteiger partial charge in [0.25, 0.3) is 0 Å². The summed E-state index contributed by atoms with van der Waals surface area (Å²) in [6.45, 7) is 3.73. The molecule has 0 saturated carbocycles. The smallest absolute Gasteiger partial charge is 0.0345 e. The molecule has 1 aromatic carbocycles. The lowest BCUT2D eigenvalue weighted by Gasteiger charge is -1.82. The number of rotatable bonds is 2. The normalized spacial score (nSPS) is 10.3. The van der Waals surface area contributed by atoms with Gasteiger partial charge in [0.05, 0.1) is 0 Å². The highest BCUT2D eigenvalue weighted by molar-refractivity contribution is 7.19. The number of allylic oxidation sites excluding steroid dienone is 1. The van der Waals surface area contributed by atoms with Gasteiger partial charge >= 0.3 is 0 Å². The van der Waals surface area contributed by atoms with Gasteiger partial charge in [-0.3, -0.25) is 0 Å². The van der Waals surface area contributed by atoms with Crippen molar-refractivity contribution in [1.82, 2.24) is 0 Å². The second-order valence-electron chi connectivity index (χ2n) is 2.74. The molecule has 0 atom stereocenters. The highest BCUT2D eigenvalue weighted by Crippen LogP contribution is 2.25. The van der Waals surface area contributed by atoms with Crippen LogP contribution in [0.2, 0.25) is 0 Å². The molecule has 0 unspecified atom stereocenters. The van der Waals surface area contributed by atoms with E-state index in [-0.39, 0.29) is 0 Å². The summed E-state index contributed by atoms with van der Waals surface area (Å²) in [6, 6.07) is 10.7. The minimum Gasteiger partial charge on any atom is -0.140 e. The quantitative estimate of drug-likeness (QED) is 0.610. The lowest BCUT2D eigenvalue weighted by molar-refractivity contribution is 1.36. The molecule has 0 spiro atoms. The predicted molar refractivity (Wildman–Crippen MR) is 55.7 cm³/mol. The summed E-state index contributed by atoms with van der Waals surface area (Å²) in [5.74, 6) is 0. The van der Waals surface area contributed by atoms with Crippen molar-refractivity contribution in [2.45, 2.75) is 6.42 Å². The third-order valence-corrected chi connectivity index (χ3v) is 2.96. The Balaban J connectivity index is 2.54. The molecule has 2 rings (SSSR count). The fourth-order valence-electron chi connectivity index (χ4n) is 1.28. The molecule has 12 heavy (non-hydrogen) atoms. The van der Waals surface area contributed by atoms with Gasteiger partial charge in [0.2, 0.25) is 0 Å². The van der Waals surface area contributed by atoms with Gasteiger partial charge in [-0.2, -0.15) is 0 Å². The van der Waals surface area contributed by atoms with E-state index < -0.39 is 0 Å². The molecular formula is C11H10S. The van der Waals surface area contributed by atoms with Crippen molar-refractivity contribution in [1.29, 1.82) is 0 Å². The van der Waals surface area contributed by atoms with E-state index >= 15 is 0 Å². The van der Waals surface area contributed by atoms with Crippen LogP contribution in [0.25, 0.3) is 10.1 Å². The summed E-state index contributed by atoms with van der Waals surface area (Å²) in [5, 5.41) is 1.35. The highest BCUT2D eigenvalue weighted by atomic mass is 32.1. The van der Waals surface area contributed by atoms with Crippen molar-refractivity contribution in [2.75, 3.05) is 0 Å². The van der Waals surface area contributed by atoms with Crippen LogP contribution in [0.3, 0.4) is 0 Å². The van der Waals surface area contributed by atoms with Gasteiger partial charge in [0, 0.05) is 9.58 Å². The first-order valence-electron chi connectivity index (χ1n) is 3.98. The number of hydrogen-bond donors (Lipinski definition) is 0. The van der Waals surface area contributed by atoms with Crippen LogP contribution in [0.4, 0.5) is 0 Å². The molecule has 0 saturated heterocycles. The molecule has 0 aliphatic rings. The fraction of sp³-hybridized carbons (Fsp3) is 0.0909. The van der Waals surface area contributed by atoms with Gasteiger partial charge in [-0.1, -0.05) is 24.3 Å². The van der Waals surface area contributed by atoms with Crippen LogP contribution >= 0.6 is 11.3 Å². The summed E-state index contributed by atoms with van der Waals surface area (Å²) in [4.78, 5) is 1.39. The van der Waals surface area contributed by atoms with Crippen LogP contribution in [-0.2, 0) is 6.42 Å². The highest BCUT2D eigenvalue weighted by Gasteiger charge is 1.97. The molecular weight excluding hydrogens is 164 g/mol. The Morgan fingerprint density at radius 3 is 2.92 bits per heavy atom. The molecule has 0 bridgehead atoms. The molecule has 0 amide bonds. The van der Waals surface area contributed by atoms with Gasteiger partial charge in [0.1, 0.15) is 0 Å². The van der Waals surface area contributed by atoms with Gasteiger partial charge in [-0.05, 0) is 23.9 Å². The third kappa shape index (κ3) is 1.28. The SMILES string of the molecule is C=CCc1cc2ccccc2s1. The van der Waals surface area contributed by atoms with E-state index in [1.54, 1.807) is 0 Å². The van der Waals surface area contributed by atoms with Gasteiger partial charge in [0.15, 0.2) is 0 Å². The van der Waals surface area contributed by atoms with Gasteiger partial charge < -0.3 is 0 Å². The molecule has 0 fully saturated rings. The van der Waals surface area contributed by atoms with E-state index in [1.807, 2.05) is 17.4 Å². The maximum absolute atomic E-state index is 3.73. The Hall–Kier alpha value is -1.08. The Morgan fingerprint density at radius 1 is 1.33 bits per heavy atom. The third-order valence-electron chi connectivity index (χ3n) is 1.82. The van der Waals surface area contributed by atoms with E-state index in [2.05, 4.69) is 36.9 Å². The van der Waals surface area contributed by atoms with E-state index in [0.717, 1.165) is 6.42 Å². The van der Waals surface area contributed by atoms with Crippen LogP contribution in [-0.4, -0.2) is 0 Å². The molecule has 0 radical (unpaired) electrons. The summed E-state index contributed by atoms with van der Waals surface area (Å²) in [7, 11) is 0. The van der Waals surface area contributed by atoms with Gasteiger partial charge in [-0.15, -0.1) is 17.9 Å². The second kappa shape index (κ2) is 3.11. The molecule has 0 N–H and O–H groups in total. The summed E-state index contributed by atoms with van der Waals surface area (Å²) in [6.07, 6.45) is 2.93. The summed E-state index contributed by atoms with van der Waals surface area (Å²) < 4.78 is 1.37. The van der Waals surface area contributed by atoms with Crippen LogP contribution < -0.4 is 0 Å². The Morgan fingerprint density at radius 2 is 2.17 bits per heavy atom. The Bertz CT molecular complexity index is 365. The van der Waals surface area contributed by atoms with Crippen molar-refractivity contribution in [2.24, 2.45) is 0 Å². The first-order chi connectivity index (χ1) is 5.90. The molecule has 0 aliphatic carbocycles. The maximum Gasteiger partial charge on any atom is 0.0345 e. The fourth-order valence-corrected chi connectivity index (χ4v) is 2.34.